The number of nitrogens with zero attached hydrogens (tertiary/aromatic N) is 3. The zero-order valence-corrected chi connectivity index (χ0v) is 20.7. The van der Waals surface area contributed by atoms with Crippen LogP contribution in [0.5, 0.6) is 5.75 Å². The third kappa shape index (κ3) is 5.87. The second-order valence-electron chi connectivity index (χ2n) is 7.00. The van der Waals surface area contributed by atoms with Crippen LogP contribution in [0.15, 0.2) is 41.3 Å². The van der Waals surface area contributed by atoms with Crippen molar-refractivity contribution in [1.82, 2.24) is 9.88 Å². The van der Waals surface area contributed by atoms with Gasteiger partial charge in [-0.25, -0.2) is 13.4 Å². The highest BCUT2D eigenvalue weighted by atomic mass is 35.5. The normalized spacial score (nSPS) is 11.4. The fourth-order valence-corrected chi connectivity index (χ4v) is 4.74. The number of carbonyl (C=O) groups excluding carboxylic acids is 1. The molecule has 0 N–H and O–H groups in total. The number of hydrogen-bond donors (Lipinski definition) is 0. The van der Waals surface area contributed by atoms with Crippen LogP contribution in [0.2, 0.25) is 5.02 Å². The van der Waals surface area contributed by atoms with Crippen LogP contribution in [0.1, 0.15) is 10.4 Å². The lowest BCUT2D eigenvalue weighted by Crippen LogP contribution is -2.37. The van der Waals surface area contributed by atoms with Crippen molar-refractivity contribution in [3.05, 3.63) is 47.0 Å². The molecule has 7 nitrogen and oxygen atoms in total. The summed E-state index contributed by atoms with van der Waals surface area (Å²) in [6, 6.07) is 9.64. The quantitative estimate of drug-likeness (QED) is 0.484. The van der Waals surface area contributed by atoms with E-state index >= 15 is 0 Å². The lowest BCUT2D eigenvalue weighted by Gasteiger charge is -2.23. The van der Waals surface area contributed by atoms with Gasteiger partial charge < -0.3 is 9.64 Å². The van der Waals surface area contributed by atoms with Crippen LogP contribution >= 0.6 is 35.3 Å². The van der Waals surface area contributed by atoms with Crippen LogP contribution in [-0.2, 0) is 9.84 Å². The first-order valence-corrected chi connectivity index (χ1v) is 12.1. The summed E-state index contributed by atoms with van der Waals surface area (Å²) in [4.78, 5) is 21.8. The number of likely N-dealkylation sites (N-methyl/N-ethyl adjacent to an activating group) is 1. The molecule has 1 aromatic heterocycles. The number of benzene rings is 2. The van der Waals surface area contributed by atoms with Gasteiger partial charge in [0.2, 0.25) is 0 Å². The Morgan fingerprint density at radius 2 is 1.87 bits per heavy atom. The maximum absolute atomic E-state index is 13.4. The summed E-state index contributed by atoms with van der Waals surface area (Å²) in [6.45, 7) is 0.999. The highest BCUT2D eigenvalue weighted by molar-refractivity contribution is 7.90. The van der Waals surface area contributed by atoms with Gasteiger partial charge in [-0.3, -0.25) is 9.69 Å². The van der Waals surface area contributed by atoms with Crippen LogP contribution in [0.3, 0.4) is 0 Å². The van der Waals surface area contributed by atoms with Gasteiger partial charge in [-0.15, -0.1) is 12.4 Å². The molecular weight excluding hydrogens is 481 g/mol. The van der Waals surface area contributed by atoms with Crippen molar-refractivity contribution in [1.29, 1.82) is 0 Å². The number of fused-ring (bicyclic) bond motifs is 1. The Balaban J connectivity index is 0.00000341. The zero-order chi connectivity index (χ0) is 22.1. The maximum atomic E-state index is 13.4. The highest BCUT2D eigenvalue weighted by Gasteiger charge is 2.25. The van der Waals surface area contributed by atoms with Gasteiger partial charge in [0.05, 0.1) is 27.8 Å². The molecule has 2 aromatic carbocycles. The van der Waals surface area contributed by atoms with Gasteiger partial charge in [-0.2, -0.15) is 0 Å². The van der Waals surface area contributed by atoms with Crippen molar-refractivity contribution in [3.8, 4) is 5.75 Å². The molecule has 0 bridgehead atoms. The summed E-state index contributed by atoms with van der Waals surface area (Å²) in [5, 5.41) is 0.901. The average Bonchev–Trinajstić information content (AvgIpc) is 3.09. The van der Waals surface area contributed by atoms with Gasteiger partial charge in [0, 0.05) is 24.4 Å². The monoisotopic (exact) mass is 503 g/mol. The summed E-state index contributed by atoms with van der Waals surface area (Å²) in [5.41, 5.74) is 0.961. The molecule has 3 rings (SSSR count). The van der Waals surface area contributed by atoms with E-state index in [4.69, 9.17) is 16.3 Å². The smallest absolute Gasteiger partial charge is 0.263 e. The van der Waals surface area contributed by atoms with E-state index in [0.717, 1.165) is 6.26 Å². The van der Waals surface area contributed by atoms with E-state index in [2.05, 4.69) is 4.98 Å². The Bertz CT molecular complexity index is 1200. The Morgan fingerprint density at radius 3 is 2.48 bits per heavy atom. The predicted octanol–water partition coefficient (Wildman–Crippen LogP) is 3.99. The number of methoxy groups -OCH3 is 1. The molecule has 0 saturated carbocycles. The van der Waals surface area contributed by atoms with Crippen molar-refractivity contribution >= 4 is 66.4 Å². The number of halogens is 2. The van der Waals surface area contributed by atoms with Crippen LogP contribution in [-0.4, -0.2) is 64.8 Å². The molecule has 1 heterocycles. The average molecular weight is 504 g/mol. The Labute approximate surface area is 196 Å². The van der Waals surface area contributed by atoms with Gasteiger partial charge >= 0.3 is 0 Å². The number of amides is 1. The third-order valence-corrected chi connectivity index (χ3v) is 6.80. The van der Waals surface area contributed by atoms with Crippen LogP contribution in [0, 0.1) is 0 Å². The number of hydrogen-bond acceptors (Lipinski definition) is 7. The van der Waals surface area contributed by atoms with E-state index in [-0.39, 0.29) is 23.2 Å². The minimum absolute atomic E-state index is 0. The molecule has 31 heavy (non-hydrogen) atoms. The second kappa shape index (κ2) is 10.1. The molecule has 3 aromatic rings. The minimum Gasteiger partial charge on any atom is -0.496 e. The molecule has 0 fully saturated rings. The number of aromatic nitrogens is 1. The lowest BCUT2D eigenvalue weighted by atomic mass is 10.1. The number of anilines is 1. The van der Waals surface area contributed by atoms with Crippen molar-refractivity contribution in [2.45, 2.75) is 4.90 Å². The summed E-state index contributed by atoms with van der Waals surface area (Å²) in [7, 11) is 1.99. The fraction of sp³-hybridized carbons (Fsp3) is 0.300. The topological polar surface area (TPSA) is 79.8 Å². The second-order valence-corrected chi connectivity index (χ2v) is 10.5. The number of thiazole rings is 1. The van der Waals surface area contributed by atoms with Gasteiger partial charge in [-0.1, -0.05) is 22.9 Å². The Kier molecular flexibility index (Phi) is 8.29. The molecule has 11 heteroatoms. The predicted molar refractivity (Wildman–Crippen MR) is 128 cm³/mol. The van der Waals surface area contributed by atoms with Gasteiger partial charge in [0.1, 0.15) is 5.75 Å². The van der Waals surface area contributed by atoms with E-state index < -0.39 is 9.84 Å². The van der Waals surface area contributed by atoms with Crippen LogP contribution < -0.4 is 9.64 Å². The van der Waals surface area contributed by atoms with E-state index in [1.54, 1.807) is 35.2 Å². The van der Waals surface area contributed by atoms with Gasteiger partial charge in [-0.05, 0) is 50.5 Å². The Hall–Kier alpha value is -1.91. The van der Waals surface area contributed by atoms with Crippen LogP contribution in [0.4, 0.5) is 5.13 Å². The van der Waals surface area contributed by atoms with Gasteiger partial charge in [0.25, 0.3) is 5.91 Å². The minimum atomic E-state index is -3.34. The first-order chi connectivity index (χ1) is 14.1. The van der Waals surface area contributed by atoms with Crippen molar-refractivity contribution in [2.24, 2.45) is 0 Å². The molecule has 0 saturated heterocycles. The molecule has 0 aliphatic carbocycles. The number of rotatable bonds is 7. The molecular formula is C20H23Cl2N3O4S2. The largest absolute Gasteiger partial charge is 0.496 e. The first kappa shape index (κ1) is 25.4. The van der Waals surface area contributed by atoms with E-state index in [1.807, 2.05) is 19.0 Å². The first-order valence-electron chi connectivity index (χ1n) is 9.01. The molecule has 168 valence electrons. The SMILES string of the molecule is COc1ccc(Cl)cc1C(=O)N(CCN(C)C)c1nc2ccc(S(C)(=O)=O)cc2s1.Cl. The molecule has 0 atom stereocenters. The molecule has 0 aliphatic heterocycles. The summed E-state index contributed by atoms with van der Waals surface area (Å²) >= 11 is 7.38. The molecule has 0 unspecified atom stereocenters. The Morgan fingerprint density at radius 1 is 1.16 bits per heavy atom. The third-order valence-electron chi connectivity index (χ3n) is 4.42. The fourth-order valence-electron chi connectivity index (χ4n) is 2.82. The number of carbonyl (C=O) groups is 1. The van der Waals surface area contributed by atoms with Crippen LogP contribution in [0.25, 0.3) is 10.2 Å². The van der Waals surface area contributed by atoms with E-state index in [0.29, 0.717) is 44.8 Å². The number of sulfone groups is 1. The molecule has 0 spiro atoms. The van der Waals surface area contributed by atoms with Crippen molar-refractivity contribution in [3.63, 3.8) is 0 Å². The number of ether oxygens (including phenoxy) is 1. The maximum Gasteiger partial charge on any atom is 0.263 e. The van der Waals surface area contributed by atoms with Crippen molar-refractivity contribution < 1.29 is 17.9 Å². The van der Waals surface area contributed by atoms with Crippen molar-refractivity contribution in [2.75, 3.05) is 45.5 Å². The molecule has 0 aliphatic rings. The molecule has 0 radical (unpaired) electrons. The summed E-state index contributed by atoms with van der Waals surface area (Å²) in [6.07, 6.45) is 1.16. The lowest BCUT2D eigenvalue weighted by molar-refractivity contribution is 0.0982. The van der Waals surface area contributed by atoms with E-state index in [9.17, 15) is 13.2 Å². The summed E-state index contributed by atoms with van der Waals surface area (Å²) in [5.74, 6) is 0.123. The van der Waals surface area contributed by atoms with Gasteiger partial charge in [0.15, 0.2) is 15.0 Å². The highest BCUT2D eigenvalue weighted by Crippen LogP contribution is 2.33. The standard InChI is InChI=1S/C20H22ClN3O4S2.ClH/c1-23(2)9-10-24(19(25)15-11-13(21)5-8-17(15)28-3)20-22-16-7-6-14(30(4,26)27)12-18(16)29-20;/h5-8,11-12H,9-10H2,1-4H3;1H. The zero-order valence-electron chi connectivity index (χ0n) is 17.5. The molecule has 1 amide bonds. The summed E-state index contributed by atoms with van der Waals surface area (Å²) < 4.78 is 29.8. The van der Waals surface area contributed by atoms with E-state index in [1.165, 1.54) is 24.5 Å².